The van der Waals surface area contributed by atoms with E-state index in [1.165, 1.54) is 11.3 Å². The summed E-state index contributed by atoms with van der Waals surface area (Å²) in [6.07, 6.45) is 0.659. The molecule has 0 bridgehead atoms. The van der Waals surface area contributed by atoms with E-state index in [4.69, 9.17) is 21.2 Å². The number of hydrogen-bond donors (Lipinski definition) is 2. The van der Waals surface area contributed by atoms with Gasteiger partial charge in [-0.05, 0) is 12.1 Å². The molecule has 0 atom stereocenters. The summed E-state index contributed by atoms with van der Waals surface area (Å²) < 4.78 is 5.14. The van der Waals surface area contributed by atoms with Gasteiger partial charge < -0.3 is 14.9 Å². The fourth-order valence-corrected chi connectivity index (χ4v) is 2.66. The first kappa shape index (κ1) is 14.9. The van der Waals surface area contributed by atoms with E-state index < -0.39 is 0 Å². The average Bonchev–Trinajstić information content (AvgIpc) is 3.16. The SMILES string of the molecule is OCc1nnc(CCNc2nc(-c3cccc(Cl)c3)no2)s1. The number of benzene rings is 1. The number of aliphatic hydroxyl groups excluding tert-OH is 1. The largest absolute Gasteiger partial charge is 0.389 e. The molecule has 2 heterocycles. The molecule has 0 spiro atoms. The van der Waals surface area contributed by atoms with Gasteiger partial charge in [-0.3, -0.25) is 0 Å². The molecule has 3 aromatic rings. The van der Waals surface area contributed by atoms with Crippen LogP contribution in [0.2, 0.25) is 5.02 Å². The molecule has 114 valence electrons. The third-order valence-corrected chi connectivity index (χ3v) is 3.97. The lowest BCUT2D eigenvalue weighted by atomic mass is 10.2. The summed E-state index contributed by atoms with van der Waals surface area (Å²) >= 11 is 7.31. The van der Waals surface area contributed by atoms with Gasteiger partial charge in [0.1, 0.15) is 10.0 Å². The van der Waals surface area contributed by atoms with Crippen molar-refractivity contribution < 1.29 is 9.63 Å². The van der Waals surface area contributed by atoms with Crippen molar-refractivity contribution in [3.8, 4) is 11.4 Å². The van der Waals surface area contributed by atoms with Crippen LogP contribution in [0.5, 0.6) is 0 Å². The Bertz CT molecular complexity index is 760. The predicted molar refractivity (Wildman–Crippen MR) is 82.8 cm³/mol. The Balaban J connectivity index is 1.57. The number of aliphatic hydroxyl groups is 1. The molecule has 2 N–H and O–H groups in total. The van der Waals surface area contributed by atoms with Crippen molar-refractivity contribution in [2.75, 3.05) is 11.9 Å². The lowest BCUT2D eigenvalue weighted by Gasteiger charge is -1.97. The van der Waals surface area contributed by atoms with E-state index in [2.05, 4.69) is 25.7 Å². The Hall–Kier alpha value is -2.03. The maximum atomic E-state index is 8.93. The minimum absolute atomic E-state index is 0.0856. The topological polar surface area (TPSA) is 97.0 Å². The highest BCUT2D eigenvalue weighted by atomic mass is 35.5. The first-order chi connectivity index (χ1) is 10.7. The van der Waals surface area contributed by atoms with Crippen LogP contribution >= 0.6 is 22.9 Å². The Morgan fingerprint density at radius 2 is 2.14 bits per heavy atom. The lowest BCUT2D eigenvalue weighted by Crippen LogP contribution is -2.04. The van der Waals surface area contributed by atoms with Gasteiger partial charge in [0, 0.05) is 23.6 Å². The van der Waals surface area contributed by atoms with E-state index in [0.29, 0.717) is 34.8 Å². The quantitative estimate of drug-likeness (QED) is 0.712. The normalized spacial score (nSPS) is 10.8. The van der Waals surface area contributed by atoms with Crippen molar-refractivity contribution in [3.05, 3.63) is 39.3 Å². The van der Waals surface area contributed by atoms with Crippen LogP contribution in [-0.4, -0.2) is 32.0 Å². The molecule has 2 aromatic heterocycles. The highest BCUT2D eigenvalue weighted by Gasteiger charge is 2.09. The first-order valence-corrected chi connectivity index (χ1v) is 7.69. The molecular weight excluding hydrogens is 326 g/mol. The van der Waals surface area contributed by atoms with Gasteiger partial charge in [-0.2, -0.15) is 4.98 Å². The molecule has 0 aliphatic rings. The summed E-state index contributed by atoms with van der Waals surface area (Å²) in [6.45, 7) is 0.495. The molecule has 7 nitrogen and oxygen atoms in total. The van der Waals surface area contributed by atoms with Gasteiger partial charge in [0.25, 0.3) is 0 Å². The van der Waals surface area contributed by atoms with Crippen molar-refractivity contribution in [1.29, 1.82) is 0 Å². The molecule has 9 heteroatoms. The average molecular weight is 338 g/mol. The second-order valence-electron chi connectivity index (χ2n) is 4.36. The van der Waals surface area contributed by atoms with Crippen molar-refractivity contribution in [3.63, 3.8) is 0 Å². The van der Waals surface area contributed by atoms with Crippen LogP contribution < -0.4 is 5.32 Å². The van der Waals surface area contributed by atoms with E-state index in [1.54, 1.807) is 12.1 Å². The zero-order valence-corrected chi connectivity index (χ0v) is 12.9. The molecule has 0 fully saturated rings. The molecule has 0 unspecified atom stereocenters. The minimum Gasteiger partial charge on any atom is -0.389 e. The molecule has 0 radical (unpaired) electrons. The van der Waals surface area contributed by atoms with Crippen LogP contribution in [0.4, 0.5) is 6.01 Å². The lowest BCUT2D eigenvalue weighted by molar-refractivity contribution is 0.280. The zero-order chi connectivity index (χ0) is 15.4. The van der Waals surface area contributed by atoms with Crippen molar-refractivity contribution in [1.82, 2.24) is 20.3 Å². The predicted octanol–water partition coefficient (Wildman–Crippen LogP) is 2.39. The van der Waals surface area contributed by atoms with Crippen LogP contribution in [0.1, 0.15) is 10.0 Å². The summed E-state index contributed by atoms with van der Waals surface area (Å²) in [4.78, 5) is 4.25. The summed E-state index contributed by atoms with van der Waals surface area (Å²) in [6, 6.07) is 7.58. The zero-order valence-electron chi connectivity index (χ0n) is 11.4. The molecule has 0 saturated carbocycles. The van der Waals surface area contributed by atoms with Gasteiger partial charge in [-0.15, -0.1) is 10.2 Å². The molecular formula is C13H12ClN5O2S. The van der Waals surface area contributed by atoms with Gasteiger partial charge in [0.15, 0.2) is 0 Å². The van der Waals surface area contributed by atoms with Gasteiger partial charge in [-0.1, -0.05) is 40.2 Å². The highest BCUT2D eigenvalue weighted by molar-refractivity contribution is 7.11. The first-order valence-electron chi connectivity index (χ1n) is 6.50. The summed E-state index contributed by atoms with van der Waals surface area (Å²) in [5.41, 5.74) is 0.793. The monoisotopic (exact) mass is 337 g/mol. The van der Waals surface area contributed by atoms with Gasteiger partial charge in [0.2, 0.25) is 5.82 Å². The molecule has 3 rings (SSSR count). The number of rotatable bonds is 6. The van der Waals surface area contributed by atoms with E-state index in [0.717, 1.165) is 10.6 Å². The number of aromatic nitrogens is 4. The van der Waals surface area contributed by atoms with Crippen LogP contribution in [0, 0.1) is 0 Å². The molecule has 0 amide bonds. The van der Waals surface area contributed by atoms with Crippen LogP contribution in [0.3, 0.4) is 0 Å². The Morgan fingerprint density at radius 1 is 1.27 bits per heavy atom. The highest BCUT2D eigenvalue weighted by Crippen LogP contribution is 2.21. The summed E-state index contributed by atoms with van der Waals surface area (Å²) in [5, 5.41) is 25.7. The summed E-state index contributed by atoms with van der Waals surface area (Å²) in [7, 11) is 0. The molecule has 0 saturated heterocycles. The van der Waals surface area contributed by atoms with Crippen LogP contribution in [-0.2, 0) is 13.0 Å². The van der Waals surface area contributed by atoms with Gasteiger partial charge in [-0.25, -0.2) is 0 Å². The maximum absolute atomic E-state index is 8.93. The molecule has 0 aliphatic heterocycles. The van der Waals surface area contributed by atoms with Gasteiger partial charge >= 0.3 is 6.01 Å². The van der Waals surface area contributed by atoms with Crippen molar-refractivity contribution >= 4 is 29.0 Å². The van der Waals surface area contributed by atoms with E-state index in [1.807, 2.05) is 12.1 Å². The molecule has 1 aromatic carbocycles. The van der Waals surface area contributed by atoms with Crippen molar-refractivity contribution in [2.24, 2.45) is 0 Å². The third-order valence-electron chi connectivity index (χ3n) is 2.77. The number of nitrogens with zero attached hydrogens (tertiary/aromatic N) is 4. The van der Waals surface area contributed by atoms with E-state index in [-0.39, 0.29) is 6.61 Å². The number of hydrogen-bond acceptors (Lipinski definition) is 8. The number of anilines is 1. The number of nitrogens with one attached hydrogen (secondary N) is 1. The van der Waals surface area contributed by atoms with E-state index >= 15 is 0 Å². The fraction of sp³-hybridized carbons (Fsp3) is 0.231. The van der Waals surface area contributed by atoms with Crippen LogP contribution in [0.15, 0.2) is 28.8 Å². The second kappa shape index (κ2) is 6.82. The van der Waals surface area contributed by atoms with E-state index in [9.17, 15) is 0 Å². The Morgan fingerprint density at radius 3 is 2.91 bits per heavy atom. The number of halogens is 1. The Kier molecular flexibility index (Phi) is 4.62. The molecule has 0 aliphatic carbocycles. The molecule has 22 heavy (non-hydrogen) atoms. The van der Waals surface area contributed by atoms with Crippen LogP contribution in [0.25, 0.3) is 11.4 Å². The Labute approximate surface area is 135 Å². The fourth-order valence-electron chi connectivity index (χ4n) is 1.77. The second-order valence-corrected chi connectivity index (χ2v) is 5.94. The van der Waals surface area contributed by atoms with Gasteiger partial charge in [0.05, 0.1) is 6.61 Å². The van der Waals surface area contributed by atoms with Crippen molar-refractivity contribution in [2.45, 2.75) is 13.0 Å². The minimum atomic E-state index is -0.0856. The standard InChI is InChI=1S/C13H12ClN5O2S/c14-9-3-1-2-8(6-9)12-16-13(21-19-12)15-5-4-10-17-18-11(7-20)22-10/h1-3,6,20H,4-5,7H2,(H,15,16,19). The maximum Gasteiger partial charge on any atom is 0.321 e. The third kappa shape index (κ3) is 3.59. The smallest absolute Gasteiger partial charge is 0.321 e. The summed E-state index contributed by atoms with van der Waals surface area (Å²) in [5.74, 6) is 0.475.